The summed E-state index contributed by atoms with van der Waals surface area (Å²) in [7, 11) is 0. The van der Waals surface area contributed by atoms with Crippen molar-refractivity contribution in [3.63, 3.8) is 0 Å². The van der Waals surface area contributed by atoms with Crippen LogP contribution in [-0.2, 0) is 28.7 Å². The number of nitrogens with two attached hydrogens (primary N) is 1. The van der Waals surface area contributed by atoms with E-state index in [9.17, 15) is 24.0 Å². The topological polar surface area (TPSA) is 166 Å². The third-order valence-electron chi connectivity index (χ3n) is 3.43. The lowest BCUT2D eigenvalue weighted by molar-refractivity contribution is -0.155. The lowest BCUT2D eigenvalue weighted by Crippen LogP contribution is -2.44. The first-order chi connectivity index (χ1) is 14.1. The molecule has 4 amide bonds. The minimum absolute atomic E-state index is 0.0376. The summed E-state index contributed by atoms with van der Waals surface area (Å²) >= 11 is 0. The molecule has 162 valence electrons. The van der Waals surface area contributed by atoms with Gasteiger partial charge in [0.2, 0.25) is 17.7 Å². The van der Waals surface area contributed by atoms with Crippen LogP contribution in [0.4, 0.5) is 16.2 Å². The van der Waals surface area contributed by atoms with Gasteiger partial charge in [-0.1, -0.05) is 12.6 Å². The molecule has 1 aromatic carbocycles. The standard InChI is InChI=1S/C19H24N4O7/c1-4-29-18(27)14(15(24)21-8-9-30-17(26)11(2)3)16(25)22-12-6-5-7-13(10-12)23-19(20)28/h5-7,10,14H,2,4,8-9H2,1,3H3,(H,21,24)(H,22,25)(H3,20,23,28). The highest BCUT2D eigenvalue weighted by Crippen LogP contribution is 2.16. The lowest BCUT2D eigenvalue weighted by atomic mass is 10.1. The second-order valence-corrected chi connectivity index (χ2v) is 5.95. The Kier molecular flexibility index (Phi) is 9.53. The third kappa shape index (κ3) is 8.00. The summed E-state index contributed by atoms with van der Waals surface area (Å²) in [6.45, 7) is 6.08. The molecule has 1 unspecified atom stereocenters. The number of carbonyl (C=O) groups is 5. The molecule has 0 aliphatic carbocycles. The zero-order valence-electron chi connectivity index (χ0n) is 16.7. The molecule has 0 spiro atoms. The zero-order chi connectivity index (χ0) is 22.7. The molecule has 0 aliphatic heterocycles. The maximum atomic E-state index is 12.6. The van der Waals surface area contributed by atoms with Crippen LogP contribution in [0.15, 0.2) is 36.4 Å². The summed E-state index contributed by atoms with van der Waals surface area (Å²) in [5, 5.41) is 7.08. The minimum Gasteiger partial charge on any atom is -0.465 e. The predicted molar refractivity (Wildman–Crippen MR) is 107 cm³/mol. The van der Waals surface area contributed by atoms with Crippen molar-refractivity contribution in [2.75, 3.05) is 30.4 Å². The molecule has 0 aromatic heterocycles. The van der Waals surface area contributed by atoms with Gasteiger partial charge in [-0.3, -0.25) is 14.4 Å². The van der Waals surface area contributed by atoms with Crippen LogP contribution in [0.1, 0.15) is 13.8 Å². The van der Waals surface area contributed by atoms with E-state index in [1.807, 2.05) is 0 Å². The highest BCUT2D eigenvalue weighted by Gasteiger charge is 2.35. The summed E-state index contributed by atoms with van der Waals surface area (Å²) in [5.74, 6) is -5.34. The van der Waals surface area contributed by atoms with Gasteiger partial charge in [-0.2, -0.15) is 0 Å². The second-order valence-electron chi connectivity index (χ2n) is 5.95. The molecule has 5 N–H and O–H groups in total. The second kappa shape index (κ2) is 11.8. The highest BCUT2D eigenvalue weighted by molar-refractivity contribution is 6.19. The SMILES string of the molecule is C=C(C)C(=O)OCCNC(=O)C(C(=O)Nc1cccc(NC(N)=O)c1)C(=O)OCC. The number of amides is 4. The largest absolute Gasteiger partial charge is 0.465 e. The number of anilines is 2. The number of rotatable bonds is 10. The highest BCUT2D eigenvalue weighted by atomic mass is 16.5. The first-order valence-electron chi connectivity index (χ1n) is 8.90. The Morgan fingerprint density at radius 2 is 1.70 bits per heavy atom. The van der Waals surface area contributed by atoms with Crippen molar-refractivity contribution in [1.82, 2.24) is 5.32 Å². The fraction of sp³-hybridized carbons (Fsp3) is 0.316. The van der Waals surface area contributed by atoms with Gasteiger partial charge in [0.25, 0.3) is 0 Å². The average Bonchev–Trinajstić information content (AvgIpc) is 2.65. The predicted octanol–water partition coefficient (Wildman–Crippen LogP) is 0.531. The molecule has 0 saturated heterocycles. The zero-order valence-corrected chi connectivity index (χ0v) is 16.7. The molecule has 1 atom stereocenters. The number of esters is 2. The summed E-state index contributed by atoms with van der Waals surface area (Å²) in [6.07, 6.45) is 0. The van der Waals surface area contributed by atoms with E-state index in [2.05, 4.69) is 22.5 Å². The molecule has 1 aromatic rings. The van der Waals surface area contributed by atoms with E-state index < -0.39 is 35.7 Å². The smallest absolute Gasteiger partial charge is 0.333 e. The monoisotopic (exact) mass is 420 g/mol. The van der Waals surface area contributed by atoms with Crippen molar-refractivity contribution in [1.29, 1.82) is 0 Å². The number of carbonyl (C=O) groups excluding carboxylic acids is 5. The number of ether oxygens (including phenoxy) is 2. The van der Waals surface area contributed by atoms with Crippen molar-refractivity contribution in [3.8, 4) is 0 Å². The van der Waals surface area contributed by atoms with Crippen molar-refractivity contribution in [3.05, 3.63) is 36.4 Å². The number of hydrogen-bond donors (Lipinski definition) is 4. The molecular formula is C19H24N4O7. The molecule has 0 saturated carbocycles. The molecule has 0 fully saturated rings. The van der Waals surface area contributed by atoms with Gasteiger partial charge < -0.3 is 31.2 Å². The maximum Gasteiger partial charge on any atom is 0.333 e. The van der Waals surface area contributed by atoms with Gasteiger partial charge in [0, 0.05) is 16.9 Å². The number of nitrogens with one attached hydrogen (secondary N) is 3. The molecule has 11 heteroatoms. The van der Waals surface area contributed by atoms with Gasteiger partial charge >= 0.3 is 18.0 Å². The Labute approximate surface area is 173 Å². The van der Waals surface area contributed by atoms with Crippen molar-refractivity contribution >= 4 is 41.2 Å². The van der Waals surface area contributed by atoms with Gasteiger partial charge in [0.15, 0.2) is 0 Å². The number of hydrogen-bond acceptors (Lipinski definition) is 7. The van der Waals surface area contributed by atoms with E-state index in [4.69, 9.17) is 15.2 Å². The van der Waals surface area contributed by atoms with E-state index >= 15 is 0 Å². The van der Waals surface area contributed by atoms with Crippen LogP contribution in [-0.4, -0.2) is 49.5 Å². The lowest BCUT2D eigenvalue weighted by Gasteiger charge is -2.16. The summed E-state index contributed by atoms with van der Waals surface area (Å²) in [5.41, 5.74) is 5.75. The molecule has 11 nitrogen and oxygen atoms in total. The van der Waals surface area contributed by atoms with Gasteiger partial charge in [-0.05, 0) is 32.0 Å². The first kappa shape index (κ1) is 24.1. The van der Waals surface area contributed by atoms with Crippen LogP contribution in [0.5, 0.6) is 0 Å². The summed E-state index contributed by atoms with van der Waals surface area (Å²) < 4.78 is 9.63. The quantitative estimate of drug-likeness (QED) is 0.185. The van der Waals surface area contributed by atoms with E-state index in [1.165, 1.54) is 38.1 Å². The minimum atomic E-state index is -1.80. The molecular weight excluding hydrogens is 396 g/mol. The Bertz CT molecular complexity index is 838. The fourth-order valence-electron chi connectivity index (χ4n) is 2.13. The van der Waals surface area contributed by atoms with E-state index in [0.717, 1.165) is 0 Å². The maximum absolute atomic E-state index is 12.6. The Balaban J connectivity index is 2.81. The van der Waals surface area contributed by atoms with Crippen LogP contribution in [0, 0.1) is 5.92 Å². The van der Waals surface area contributed by atoms with Crippen LogP contribution in [0.3, 0.4) is 0 Å². The van der Waals surface area contributed by atoms with Gasteiger partial charge in [-0.15, -0.1) is 0 Å². The molecule has 1 rings (SSSR count). The molecule has 0 radical (unpaired) electrons. The van der Waals surface area contributed by atoms with E-state index in [0.29, 0.717) is 5.69 Å². The Hall–Kier alpha value is -3.89. The van der Waals surface area contributed by atoms with Crippen LogP contribution in [0.2, 0.25) is 0 Å². The van der Waals surface area contributed by atoms with Crippen LogP contribution >= 0.6 is 0 Å². The van der Waals surface area contributed by atoms with Gasteiger partial charge in [0.1, 0.15) is 6.61 Å². The summed E-state index contributed by atoms with van der Waals surface area (Å²) in [6, 6.07) is 5.13. The van der Waals surface area contributed by atoms with Crippen molar-refractivity contribution < 1.29 is 33.4 Å². The van der Waals surface area contributed by atoms with E-state index in [1.54, 1.807) is 0 Å². The van der Waals surface area contributed by atoms with Crippen molar-refractivity contribution in [2.24, 2.45) is 11.7 Å². The summed E-state index contributed by atoms with van der Waals surface area (Å²) in [4.78, 5) is 59.3. The number of benzene rings is 1. The first-order valence-corrected chi connectivity index (χ1v) is 8.90. The molecule has 0 bridgehead atoms. The Morgan fingerprint density at radius 1 is 1.07 bits per heavy atom. The third-order valence-corrected chi connectivity index (χ3v) is 3.43. The van der Waals surface area contributed by atoms with Crippen LogP contribution in [0.25, 0.3) is 0 Å². The molecule has 0 aliphatic rings. The van der Waals surface area contributed by atoms with Gasteiger partial charge in [0.05, 0.1) is 13.2 Å². The van der Waals surface area contributed by atoms with Crippen molar-refractivity contribution in [2.45, 2.75) is 13.8 Å². The van der Waals surface area contributed by atoms with Crippen LogP contribution < -0.4 is 21.7 Å². The fourth-order valence-corrected chi connectivity index (χ4v) is 2.13. The average molecular weight is 420 g/mol. The molecule has 30 heavy (non-hydrogen) atoms. The van der Waals surface area contributed by atoms with Gasteiger partial charge in [-0.25, -0.2) is 9.59 Å². The normalized spacial score (nSPS) is 10.9. The van der Waals surface area contributed by atoms with E-state index in [-0.39, 0.29) is 31.0 Å². The number of primary amides is 1. The molecule has 0 heterocycles. The number of urea groups is 1. The Morgan fingerprint density at radius 3 is 2.27 bits per heavy atom.